The molecule has 0 radical (unpaired) electrons. The molecule has 20 nitrogen and oxygen atoms in total. The van der Waals surface area contributed by atoms with Crippen LogP contribution in [0.3, 0.4) is 0 Å². The van der Waals surface area contributed by atoms with Crippen LogP contribution in [0.2, 0.25) is 0 Å². The second kappa shape index (κ2) is 19.4. The second-order valence-electron chi connectivity index (χ2n) is 21.5. The Morgan fingerprint density at radius 3 is 1.86 bits per heavy atom. The summed E-state index contributed by atoms with van der Waals surface area (Å²) in [7, 11) is 0. The first-order chi connectivity index (χ1) is 30.7. The van der Waals surface area contributed by atoms with Crippen molar-refractivity contribution in [2.75, 3.05) is 26.4 Å². The minimum atomic E-state index is -1.80. The van der Waals surface area contributed by atoms with Gasteiger partial charge in [-0.15, -0.1) is 0 Å². The Kier molecular flexibility index (Phi) is 15.1. The predicted octanol–water partition coefficient (Wildman–Crippen LogP) is -2.81. The van der Waals surface area contributed by atoms with Crippen molar-refractivity contribution in [3.05, 3.63) is 0 Å². The Bertz CT molecular complexity index is 1600. The van der Waals surface area contributed by atoms with Crippen LogP contribution in [0.15, 0.2) is 0 Å². The average molecular weight is 937 g/mol. The SMILES string of the molecule is C[C@H](CCC1(O)O[C@H]2C[C@H]3[C@@H]4CC[C@@H]5C[C@@H](O[C@@H]6O[C@H](CO)[C@H](O)[C@H](O)[C@H]6O[C@@H]6O[C@H](CO)[C@@H](O)[C@H](O)[C@H]6O)C[C@@H](O)[C@]5(C)[C@H]4CC[C@]3(C)[C@H]2[C@@H]1C)CO[C@@H]1O[C@H](CO)[C@@H](O)[C@H](O)[C@H]1O. The van der Waals surface area contributed by atoms with Gasteiger partial charge in [0.05, 0.1) is 44.7 Å². The van der Waals surface area contributed by atoms with Crippen molar-refractivity contribution in [3.63, 3.8) is 0 Å². The van der Waals surface area contributed by atoms with Crippen LogP contribution < -0.4 is 0 Å². The van der Waals surface area contributed by atoms with E-state index in [1.54, 1.807) is 0 Å². The quantitative estimate of drug-likeness (QED) is 0.0829. The van der Waals surface area contributed by atoms with E-state index in [1.165, 1.54) is 0 Å². The highest BCUT2D eigenvalue weighted by Crippen LogP contribution is 2.71. The fourth-order valence-electron chi connectivity index (χ4n) is 14.2. The molecule has 20 heteroatoms. The topological polar surface area (TPSA) is 328 Å². The molecule has 4 saturated heterocycles. The maximum absolute atomic E-state index is 12.2. The summed E-state index contributed by atoms with van der Waals surface area (Å²) in [6.45, 7) is 6.82. The first kappa shape index (κ1) is 50.6. The lowest BCUT2D eigenvalue weighted by Gasteiger charge is -2.62. The van der Waals surface area contributed by atoms with Crippen molar-refractivity contribution in [3.8, 4) is 0 Å². The predicted molar refractivity (Wildman–Crippen MR) is 220 cm³/mol. The highest BCUT2D eigenvalue weighted by molar-refractivity contribution is 5.16. The molecule has 65 heavy (non-hydrogen) atoms. The fraction of sp³-hybridized carbons (Fsp3) is 1.00. The zero-order valence-corrected chi connectivity index (χ0v) is 37.8. The van der Waals surface area contributed by atoms with Gasteiger partial charge in [0.25, 0.3) is 0 Å². The highest BCUT2D eigenvalue weighted by Gasteiger charge is 2.69. The van der Waals surface area contributed by atoms with E-state index in [1.807, 2.05) is 6.92 Å². The zero-order valence-electron chi connectivity index (χ0n) is 37.8. The molecule has 0 aromatic heterocycles. The van der Waals surface area contributed by atoms with Gasteiger partial charge in [-0.05, 0) is 91.3 Å². The summed E-state index contributed by atoms with van der Waals surface area (Å²) in [6, 6.07) is 0. The molecule has 0 aromatic carbocycles. The molecule has 28 atom stereocenters. The Balaban J connectivity index is 0.886. The van der Waals surface area contributed by atoms with E-state index in [2.05, 4.69) is 20.8 Å². The molecule has 0 bridgehead atoms. The number of aliphatic hydroxyl groups excluding tert-OH is 12. The van der Waals surface area contributed by atoms with Gasteiger partial charge in [-0.1, -0.05) is 27.7 Å². The number of aliphatic hydroxyl groups is 13. The fourth-order valence-corrected chi connectivity index (χ4v) is 14.2. The number of hydrogen-bond acceptors (Lipinski definition) is 20. The maximum atomic E-state index is 12.2. The molecular formula is C45H76O20. The van der Waals surface area contributed by atoms with Crippen LogP contribution in [0.5, 0.6) is 0 Å². The summed E-state index contributed by atoms with van der Waals surface area (Å²) < 4.78 is 41.7. The molecule has 1 unspecified atom stereocenters. The van der Waals surface area contributed by atoms with Gasteiger partial charge in [0, 0.05) is 18.8 Å². The van der Waals surface area contributed by atoms with Crippen LogP contribution in [-0.2, 0) is 33.2 Å². The molecule has 376 valence electrons. The molecule has 13 N–H and O–H groups in total. The van der Waals surface area contributed by atoms with Gasteiger partial charge in [-0.3, -0.25) is 0 Å². The third-order valence-corrected chi connectivity index (χ3v) is 18.1. The van der Waals surface area contributed by atoms with Crippen molar-refractivity contribution in [2.24, 2.45) is 52.3 Å². The van der Waals surface area contributed by atoms with E-state index < -0.39 is 135 Å². The lowest BCUT2D eigenvalue weighted by atomic mass is 9.43. The Hall–Kier alpha value is -0.800. The van der Waals surface area contributed by atoms with Crippen molar-refractivity contribution in [2.45, 2.75) is 202 Å². The molecule has 8 aliphatic rings. The minimum Gasteiger partial charge on any atom is -0.394 e. The van der Waals surface area contributed by atoms with E-state index in [4.69, 9.17) is 33.2 Å². The number of hydrogen-bond donors (Lipinski definition) is 13. The average Bonchev–Trinajstić information content (AvgIpc) is 3.72. The smallest absolute Gasteiger partial charge is 0.187 e. The number of fused-ring (bicyclic) bond motifs is 7. The normalized spacial score (nSPS) is 56.1. The van der Waals surface area contributed by atoms with E-state index in [0.717, 1.165) is 32.1 Å². The first-order valence-corrected chi connectivity index (χ1v) is 24.0. The molecule has 0 aromatic rings. The van der Waals surface area contributed by atoms with Gasteiger partial charge in [0.15, 0.2) is 24.7 Å². The monoisotopic (exact) mass is 936 g/mol. The van der Waals surface area contributed by atoms with Crippen LogP contribution in [0.25, 0.3) is 0 Å². The zero-order chi connectivity index (χ0) is 47.1. The van der Waals surface area contributed by atoms with Crippen LogP contribution in [0.4, 0.5) is 0 Å². The lowest BCUT2D eigenvalue weighted by molar-refractivity contribution is -0.374. The summed E-state index contributed by atoms with van der Waals surface area (Å²) in [5, 5.41) is 137. The van der Waals surface area contributed by atoms with E-state index >= 15 is 0 Å². The molecule has 8 rings (SSSR count). The van der Waals surface area contributed by atoms with Gasteiger partial charge < -0.3 is 99.5 Å². The standard InChI is InChI=1S/C45H76O20/c1-18(17-59-40-37(56)34(53)31(50)26(14-46)61-40)7-10-45(58)19(2)30-25(65-45)13-24-22-6-5-20-11-21(12-29(49)44(20,4)23(22)8-9-43(24,30)3)60-42-39(36(55)33(52)28(16-48)63-42)64-41-38(57)35(54)32(51)27(15-47)62-41/h18-42,46-58H,5-17H2,1-4H3/t18-,19+,20-,21-,22-,23+,24+,25+,26-,27-,28-,29-,30+,31-,32-,33+,34+,35+,36+,37-,38-,39-,40-,41+,42-,43+,44+,45?/m1/s1. The summed E-state index contributed by atoms with van der Waals surface area (Å²) in [6.07, 6.45) is -17.8. The van der Waals surface area contributed by atoms with Gasteiger partial charge in [0.2, 0.25) is 0 Å². The Labute approximate surface area is 379 Å². The molecule has 4 saturated carbocycles. The molecule has 4 aliphatic heterocycles. The van der Waals surface area contributed by atoms with Gasteiger partial charge in [0.1, 0.15) is 73.2 Å². The highest BCUT2D eigenvalue weighted by atomic mass is 16.8. The van der Waals surface area contributed by atoms with E-state index in [9.17, 15) is 66.4 Å². The number of ether oxygens (including phenoxy) is 7. The molecule has 0 amide bonds. The summed E-state index contributed by atoms with van der Waals surface area (Å²) in [5.74, 6) is -0.510. The molecular weight excluding hydrogens is 860 g/mol. The Morgan fingerprint density at radius 2 is 1.23 bits per heavy atom. The second-order valence-corrected chi connectivity index (χ2v) is 21.5. The molecule has 4 heterocycles. The van der Waals surface area contributed by atoms with Crippen molar-refractivity contribution < 1.29 is 99.5 Å². The molecule has 4 aliphatic carbocycles. The Morgan fingerprint density at radius 1 is 0.646 bits per heavy atom. The third-order valence-electron chi connectivity index (χ3n) is 18.1. The van der Waals surface area contributed by atoms with Gasteiger partial charge >= 0.3 is 0 Å². The van der Waals surface area contributed by atoms with E-state index in [0.29, 0.717) is 31.1 Å². The van der Waals surface area contributed by atoms with Gasteiger partial charge in [-0.2, -0.15) is 0 Å². The molecule has 0 spiro atoms. The van der Waals surface area contributed by atoms with Crippen molar-refractivity contribution in [1.82, 2.24) is 0 Å². The van der Waals surface area contributed by atoms with Gasteiger partial charge in [-0.25, -0.2) is 0 Å². The van der Waals surface area contributed by atoms with Crippen molar-refractivity contribution >= 4 is 0 Å². The largest absolute Gasteiger partial charge is 0.394 e. The third kappa shape index (κ3) is 8.78. The van der Waals surface area contributed by atoms with Crippen LogP contribution in [0.1, 0.15) is 85.5 Å². The van der Waals surface area contributed by atoms with Crippen LogP contribution >= 0.6 is 0 Å². The lowest BCUT2D eigenvalue weighted by Crippen LogP contribution is -2.65. The van der Waals surface area contributed by atoms with Crippen LogP contribution in [0, 0.1) is 52.3 Å². The van der Waals surface area contributed by atoms with Crippen molar-refractivity contribution in [1.29, 1.82) is 0 Å². The summed E-state index contributed by atoms with van der Waals surface area (Å²) in [5.41, 5.74) is -0.531. The summed E-state index contributed by atoms with van der Waals surface area (Å²) in [4.78, 5) is 0. The summed E-state index contributed by atoms with van der Waals surface area (Å²) >= 11 is 0. The minimum absolute atomic E-state index is 0.0623. The van der Waals surface area contributed by atoms with Crippen LogP contribution in [-0.4, -0.2) is 209 Å². The first-order valence-electron chi connectivity index (χ1n) is 24.0. The maximum Gasteiger partial charge on any atom is 0.187 e. The van der Waals surface area contributed by atoms with E-state index in [-0.39, 0.29) is 54.1 Å². The number of rotatable bonds is 13. The molecule has 8 fully saturated rings.